The van der Waals surface area contributed by atoms with E-state index in [0.717, 1.165) is 32.7 Å². The van der Waals surface area contributed by atoms with Crippen LogP contribution in [0.15, 0.2) is 25.3 Å². The third kappa shape index (κ3) is 5.88. The molecule has 1 aliphatic heterocycles. The van der Waals surface area contributed by atoms with E-state index in [4.69, 9.17) is 0 Å². The third-order valence-corrected chi connectivity index (χ3v) is 3.50. The van der Waals surface area contributed by atoms with Crippen molar-refractivity contribution in [2.45, 2.75) is 13.8 Å². The summed E-state index contributed by atoms with van der Waals surface area (Å²) in [5.41, 5.74) is 0. The quantitative estimate of drug-likeness (QED) is 0.629. The van der Waals surface area contributed by atoms with E-state index in [1.807, 2.05) is 0 Å². The van der Waals surface area contributed by atoms with Gasteiger partial charge in [-0.2, -0.15) is 0 Å². The summed E-state index contributed by atoms with van der Waals surface area (Å²) >= 11 is 0. The standard InChI is InChI=1S/C16H29N3O/c1-5-7-19(8-6-2)16(20)14-18-11-9-17(10-12-18)13-15(3)4/h5-6,15H,1-2,7-14H2,3-4H3. The molecule has 0 spiro atoms. The molecule has 0 unspecified atom stereocenters. The number of carbonyl (C=O) groups excluding carboxylic acids is 1. The Morgan fingerprint density at radius 3 is 2.05 bits per heavy atom. The Morgan fingerprint density at radius 2 is 1.60 bits per heavy atom. The van der Waals surface area contributed by atoms with Gasteiger partial charge >= 0.3 is 0 Å². The second-order valence-electron chi connectivity index (χ2n) is 5.85. The Balaban J connectivity index is 2.36. The van der Waals surface area contributed by atoms with Gasteiger partial charge in [-0.05, 0) is 5.92 Å². The average Bonchev–Trinajstić information content (AvgIpc) is 2.40. The fourth-order valence-corrected chi connectivity index (χ4v) is 2.53. The third-order valence-electron chi connectivity index (χ3n) is 3.50. The Bertz CT molecular complexity index is 310. The minimum absolute atomic E-state index is 0.169. The molecule has 0 aromatic rings. The van der Waals surface area contributed by atoms with Gasteiger partial charge in [-0.3, -0.25) is 9.69 Å². The highest BCUT2D eigenvalue weighted by molar-refractivity contribution is 5.78. The zero-order chi connectivity index (χ0) is 15.0. The first-order valence-corrected chi connectivity index (χ1v) is 7.51. The highest BCUT2D eigenvalue weighted by Crippen LogP contribution is 2.06. The van der Waals surface area contributed by atoms with Gasteiger partial charge in [-0.15, -0.1) is 13.2 Å². The maximum absolute atomic E-state index is 12.2. The van der Waals surface area contributed by atoms with Gasteiger partial charge in [0.1, 0.15) is 0 Å². The summed E-state index contributed by atoms with van der Waals surface area (Å²) in [6.45, 7) is 18.8. The molecule has 114 valence electrons. The molecule has 0 aromatic heterocycles. The Hall–Kier alpha value is -1.13. The molecule has 0 N–H and O–H groups in total. The molecule has 1 rings (SSSR count). The predicted molar refractivity (Wildman–Crippen MR) is 84.7 cm³/mol. The summed E-state index contributed by atoms with van der Waals surface area (Å²) in [7, 11) is 0. The van der Waals surface area contributed by atoms with Crippen molar-refractivity contribution < 1.29 is 4.79 Å². The summed E-state index contributed by atoms with van der Waals surface area (Å²) in [6.07, 6.45) is 3.53. The Kier molecular flexibility index (Phi) is 7.55. The lowest BCUT2D eigenvalue weighted by Crippen LogP contribution is -2.50. The molecule has 1 heterocycles. The lowest BCUT2D eigenvalue weighted by atomic mass is 10.2. The zero-order valence-corrected chi connectivity index (χ0v) is 13.1. The maximum Gasteiger partial charge on any atom is 0.237 e. The van der Waals surface area contributed by atoms with Crippen molar-refractivity contribution in [3.05, 3.63) is 25.3 Å². The fourth-order valence-electron chi connectivity index (χ4n) is 2.53. The van der Waals surface area contributed by atoms with Gasteiger partial charge in [0, 0.05) is 45.8 Å². The summed E-state index contributed by atoms with van der Waals surface area (Å²) in [5.74, 6) is 0.876. The van der Waals surface area contributed by atoms with E-state index in [1.165, 1.54) is 0 Å². The molecule has 1 amide bonds. The molecule has 20 heavy (non-hydrogen) atoms. The van der Waals surface area contributed by atoms with Crippen molar-refractivity contribution in [2.75, 3.05) is 52.4 Å². The largest absolute Gasteiger partial charge is 0.334 e. The van der Waals surface area contributed by atoms with Crippen LogP contribution in [0.5, 0.6) is 0 Å². The first kappa shape index (κ1) is 16.9. The number of carbonyl (C=O) groups is 1. The van der Waals surface area contributed by atoms with E-state index in [2.05, 4.69) is 36.8 Å². The van der Waals surface area contributed by atoms with Crippen LogP contribution in [0.3, 0.4) is 0 Å². The molecular formula is C16H29N3O. The van der Waals surface area contributed by atoms with E-state index in [0.29, 0.717) is 25.6 Å². The van der Waals surface area contributed by atoms with Gasteiger partial charge in [0.05, 0.1) is 6.54 Å². The highest BCUT2D eigenvalue weighted by Gasteiger charge is 2.21. The van der Waals surface area contributed by atoms with Crippen LogP contribution in [0.4, 0.5) is 0 Å². The van der Waals surface area contributed by atoms with Crippen LogP contribution < -0.4 is 0 Å². The van der Waals surface area contributed by atoms with Crippen LogP contribution in [0.2, 0.25) is 0 Å². The van der Waals surface area contributed by atoms with E-state index < -0.39 is 0 Å². The minimum atomic E-state index is 0.169. The first-order chi connectivity index (χ1) is 9.56. The molecule has 1 aliphatic rings. The van der Waals surface area contributed by atoms with E-state index in [1.54, 1.807) is 17.1 Å². The zero-order valence-electron chi connectivity index (χ0n) is 13.1. The number of nitrogens with zero attached hydrogens (tertiary/aromatic N) is 3. The Morgan fingerprint density at radius 1 is 1.10 bits per heavy atom. The molecule has 0 bridgehead atoms. The van der Waals surface area contributed by atoms with Crippen molar-refractivity contribution in [1.82, 2.24) is 14.7 Å². The number of rotatable bonds is 8. The van der Waals surface area contributed by atoms with Crippen LogP contribution in [0.25, 0.3) is 0 Å². The second-order valence-corrected chi connectivity index (χ2v) is 5.85. The van der Waals surface area contributed by atoms with Crippen molar-refractivity contribution in [1.29, 1.82) is 0 Å². The lowest BCUT2D eigenvalue weighted by Gasteiger charge is -2.35. The highest BCUT2D eigenvalue weighted by atomic mass is 16.2. The van der Waals surface area contributed by atoms with Gasteiger partial charge in [0.15, 0.2) is 0 Å². The van der Waals surface area contributed by atoms with Crippen molar-refractivity contribution in [3.8, 4) is 0 Å². The summed E-state index contributed by atoms with van der Waals surface area (Å²) < 4.78 is 0. The summed E-state index contributed by atoms with van der Waals surface area (Å²) in [5, 5.41) is 0. The van der Waals surface area contributed by atoms with Gasteiger partial charge < -0.3 is 9.80 Å². The minimum Gasteiger partial charge on any atom is -0.334 e. The van der Waals surface area contributed by atoms with Gasteiger partial charge in [0.2, 0.25) is 5.91 Å². The van der Waals surface area contributed by atoms with Crippen LogP contribution in [0.1, 0.15) is 13.8 Å². The molecule has 0 saturated carbocycles. The lowest BCUT2D eigenvalue weighted by molar-refractivity contribution is -0.131. The number of amides is 1. The van der Waals surface area contributed by atoms with E-state index >= 15 is 0 Å². The molecule has 4 heteroatoms. The second kappa shape index (κ2) is 8.93. The molecule has 0 aliphatic carbocycles. The van der Waals surface area contributed by atoms with Gasteiger partial charge in [-0.1, -0.05) is 26.0 Å². The van der Waals surface area contributed by atoms with E-state index in [-0.39, 0.29) is 5.91 Å². The molecule has 1 saturated heterocycles. The number of hydrogen-bond donors (Lipinski definition) is 0. The van der Waals surface area contributed by atoms with Crippen LogP contribution in [0, 0.1) is 5.92 Å². The normalized spacial score (nSPS) is 17.1. The number of piperazine rings is 1. The monoisotopic (exact) mass is 279 g/mol. The number of hydrogen-bond acceptors (Lipinski definition) is 3. The fraction of sp³-hybridized carbons (Fsp3) is 0.688. The molecular weight excluding hydrogens is 250 g/mol. The summed E-state index contributed by atoms with van der Waals surface area (Å²) in [4.78, 5) is 18.7. The molecule has 0 atom stereocenters. The molecule has 4 nitrogen and oxygen atoms in total. The van der Waals surface area contributed by atoms with E-state index in [9.17, 15) is 4.79 Å². The van der Waals surface area contributed by atoms with Crippen molar-refractivity contribution >= 4 is 5.91 Å². The topological polar surface area (TPSA) is 26.8 Å². The van der Waals surface area contributed by atoms with Crippen molar-refractivity contribution in [3.63, 3.8) is 0 Å². The summed E-state index contributed by atoms with van der Waals surface area (Å²) in [6, 6.07) is 0. The first-order valence-electron chi connectivity index (χ1n) is 7.51. The van der Waals surface area contributed by atoms with Crippen LogP contribution in [-0.4, -0.2) is 73.0 Å². The molecule has 0 aromatic carbocycles. The van der Waals surface area contributed by atoms with Crippen LogP contribution in [-0.2, 0) is 4.79 Å². The van der Waals surface area contributed by atoms with Gasteiger partial charge in [-0.25, -0.2) is 0 Å². The SMILES string of the molecule is C=CCN(CC=C)C(=O)CN1CCN(CC(C)C)CC1. The Labute approximate surface area is 123 Å². The van der Waals surface area contributed by atoms with Crippen LogP contribution >= 0.6 is 0 Å². The van der Waals surface area contributed by atoms with Gasteiger partial charge in [0.25, 0.3) is 0 Å². The molecule has 0 radical (unpaired) electrons. The smallest absolute Gasteiger partial charge is 0.237 e. The average molecular weight is 279 g/mol. The van der Waals surface area contributed by atoms with Crippen molar-refractivity contribution in [2.24, 2.45) is 5.92 Å². The predicted octanol–water partition coefficient (Wildman–Crippen LogP) is 1.46. The molecule has 1 fully saturated rings. The maximum atomic E-state index is 12.2.